The average molecular weight is 392 g/mol. The van der Waals surface area contributed by atoms with Gasteiger partial charge in [-0.3, -0.25) is 0 Å². The molecule has 0 amide bonds. The number of aliphatic hydroxyl groups excluding tert-OH is 1. The molecule has 0 saturated carbocycles. The Bertz CT molecular complexity index is 720. The molecule has 2 atom stereocenters. The molecule has 0 spiro atoms. The first-order valence-corrected chi connectivity index (χ1v) is 9.40. The molecule has 0 aliphatic heterocycles. The van der Waals surface area contributed by atoms with Gasteiger partial charge in [0.1, 0.15) is 5.75 Å². The van der Waals surface area contributed by atoms with Gasteiger partial charge in [0.05, 0.1) is 12.7 Å². The number of nitrogens with one attached hydrogen (secondary N) is 1. The van der Waals surface area contributed by atoms with E-state index in [-0.39, 0.29) is 18.6 Å². The Morgan fingerprint density at radius 1 is 1.22 bits per heavy atom. The van der Waals surface area contributed by atoms with E-state index in [1.807, 2.05) is 36.4 Å². The van der Waals surface area contributed by atoms with E-state index < -0.39 is 6.10 Å². The van der Waals surface area contributed by atoms with Gasteiger partial charge in [0.2, 0.25) is 0 Å². The van der Waals surface area contributed by atoms with Crippen molar-refractivity contribution in [3.63, 3.8) is 0 Å². The molecule has 0 radical (unpaired) electrons. The molecule has 0 bridgehead atoms. The Hall–Kier alpha value is -2.08. The summed E-state index contributed by atoms with van der Waals surface area (Å²) >= 11 is 5.96. The topological polar surface area (TPSA) is 67.8 Å². The molecule has 0 heterocycles. The number of ether oxygens (including phenoxy) is 2. The molecule has 0 aliphatic rings. The van der Waals surface area contributed by atoms with E-state index in [1.165, 1.54) is 0 Å². The highest BCUT2D eigenvalue weighted by molar-refractivity contribution is 6.30. The fraction of sp³-hybridized carbons (Fsp3) is 0.381. The van der Waals surface area contributed by atoms with Crippen molar-refractivity contribution in [2.45, 2.75) is 32.4 Å². The van der Waals surface area contributed by atoms with Crippen LogP contribution in [-0.4, -0.2) is 36.9 Å². The maximum atomic E-state index is 11.3. The molecule has 146 valence electrons. The molecule has 27 heavy (non-hydrogen) atoms. The van der Waals surface area contributed by atoms with Crippen molar-refractivity contribution in [2.75, 3.05) is 19.8 Å². The van der Waals surface area contributed by atoms with E-state index in [9.17, 15) is 9.90 Å². The standard InChI is InChI=1S/C21H26ClNO4/c1-3-26-21(25)14-27-19-9-7-16(8-10-19)11-15(2)23-13-20(24)17-5-4-6-18(22)12-17/h4-10,12,15,20,23-24H,3,11,13-14H2,1-2H3. The third kappa shape index (κ3) is 7.59. The number of hydrogen-bond acceptors (Lipinski definition) is 5. The molecule has 2 unspecified atom stereocenters. The van der Waals surface area contributed by atoms with Crippen LogP contribution in [0, 0.1) is 0 Å². The lowest BCUT2D eigenvalue weighted by Gasteiger charge is -2.18. The highest BCUT2D eigenvalue weighted by Crippen LogP contribution is 2.18. The Morgan fingerprint density at radius 3 is 2.63 bits per heavy atom. The molecule has 2 rings (SSSR count). The second-order valence-electron chi connectivity index (χ2n) is 6.32. The number of hydrogen-bond donors (Lipinski definition) is 2. The van der Waals surface area contributed by atoms with Crippen LogP contribution in [0.25, 0.3) is 0 Å². The van der Waals surface area contributed by atoms with Crippen LogP contribution in [-0.2, 0) is 16.0 Å². The molecule has 0 fully saturated rings. The summed E-state index contributed by atoms with van der Waals surface area (Å²) in [5.41, 5.74) is 1.93. The lowest BCUT2D eigenvalue weighted by atomic mass is 10.1. The quantitative estimate of drug-likeness (QED) is 0.606. The van der Waals surface area contributed by atoms with Crippen LogP contribution in [0.5, 0.6) is 5.75 Å². The molecule has 5 nitrogen and oxygen atoms in total. The summed E-state index contributed by atoms with van der Waals surface area (Å²) in [5.74, 6) is 0.251. The maximum absolute atomic E-state index is 11.3. The van der Waals surface area contributed by atoms with Gasteiger partial charge in [0, 0.05) is 17.6 Å². The summed E-state index contributed by atoms with van der Waals surface area (Å²) in [4.78, 5) is 11.3. The Morgan fingerprint density at radius 2 is 1.96 bits per heavy atom. The summed E-state index contributed by atoms with van der Waals surface area (Å²) in [6.07, 6.45) is 0.199. The largest absolute Gasteiger partial charge is 0.482 e. The summed E-state index contributed by atoms with van der Waals surface area (Å²) in [5, 5.41) is 14.2. The van der Waals surface area contributed by atoms with Crippen molar-refractivity contribution in [1.82, 2.24) is 5.32 Å². The van der Waals surface area contributed by atoms with Gasteiger partial charge in [-0.2, -0.15) is 0 Å². The molecule has 0 aromatic heterocycles. The first-order chi connectivity index (χ1) is 13.0. The monoisotopic (exact) mass is 391 g/mol. The van der Waals surface area contributed by atoms with E-state index in [0.717, 1.165) is 17.5 Å². The number of esters is 1. The van der Waals surface area contributed by atoms with Gasteiger partial charge >= 0.3 is 5.97 Å². The molecule has 0 saturated heterocycles. The van der Waals surface area contributed by atoms with Crippen LogP contribution in [0.2, 0.25) is 5.02 Å². The Balaban J connectivity index is 1.76. The smallest absolute Gasteiger partial charge is 0.344 e. The van der Waals surface area contributed by atoms with Crippen LogP contribution in [0.3, 0.4) is 0 Å². The van der Waals surface area contributed by atoms with Gasteiger partial charge in [-0.15, -0.1) is 0 Å². The number of carbonyl (C=O) groups is 1. The fourth-order valence-electron chi connectivity index (χ4n) is 2.64. The minimum absolute atomic E-state index is 0.0907. The summed E-state index contributed by atoms with van der Waals surface area (Å²) in [6, 6.07) is 15.0. The van der Waals surface area contributed by atoms with E-state index in [2.05, 4.69) is 12.2 Å². The van der Waals surface area contributed by atoms with Gasteiger partial charge in [0.15, 0.2) is 6.61 Å². The zero-order valence-electron chi connectivity index (χ0n) is 15.7. The zero-order valence-corrected chi connectivity index (χ0v) is 16.4. The van der Waals surface area contributed by atoms with Gasteiger partial charge in [-0.1, -0.05) is 35.9 Å². The van der Waals surface area contributed by atoms with Crippen molar-refractivity contribution in [1.29, 1.82) is 0 Å². The molecular weight excluding hydrogens is 366 g/mol. The third-order valence-corrected chi connectivity index (χ3v) is 4.26. The Labute approximate surface area is 165 Å². The van der Waals surface area contributed by atoms with Crippen molar-refractivity contribution >= 4 is 17.6 Å². The lowest BCUT2D eigenvalue weighted by molar-refractivity contribution is -0.145. The lowest BCUT2D eigenvalue weighted by Crippen LogP contribution is -2.32. The van der Waals surface area contributed by atoms with Gasteiger partial charge < -0.3 is 19.9 Å². The SMILES string of the molecule is CCOC(=O)COc1ccc(CC(C)NCC(O)c2cccc(Cl)c2)cc1. The number of carbonyl (C=O) groups excluding carboxylic acids is 1. The first kappa shape index (κ1) is 21.2. The number of benzene rings is 2. The molecule has 6 heteroatoms. The van der Waals surface area contributed by atoms with Crippen LogP contribution in [0.1, 0.15) is 31.1 Å². The van der Waals surface area contributed by atoms with Gasteiger partial charge in [0.25, 0.3) is 0 Å². The van der Waals surface area contributed by atoms with Gasteiger partial charge in [-0.05, 0) is 55.7 Å². The second kappa shape index (κ2) is 10.9. The highest BCUT2D eigenvalue weighted by atomic mass is 35.5. The normalized spacial score (nSPS) is 13.0. The van der Waals surface area contributed by atoms with Crippen molar-refractivity contribution in [2.24, 2.45) is 0 Å². The molecular formula is C21H26ClNO4. The molecule has 2 aromatic rings. The average Bonchev–Trinajstić information content (AvgIpc) is 2.66. The van der Waals surface area contributed by atoms with Gasteiger partial charge in [-0.25, -0.2) is 4.79 Å². The van der Waals surface area contributed by atoms with E-state index in [0.29, 0.717) is 23.9 Å². The number of aliphatic hydroxyl groups is 1. The van der Waals surface area contributed by atoms with Crippen LogP contribution < -0.4 is 10.1 Å². The molecule has 2 aromatic carbocycles. The fourth-order valence-corrected chi connectivity index (χ4v) is 2.84. The molecule has 2 N–H and O–H groups in total. The van der Waals surface area contributed by atoms with Crippen molar-refractivity contribution in [3.8, 4) is 5.75 Å². The summed E-state index contributed by atoms with van der Waals surface area (Å²) < 4.78 is 10.2. The minimum Gasteiger partial charge on any atom is -0.482 e. The predicted octanol–water partition coefficient (Wildman–Crippen LogP) is 3.54. The first-order valence-electron chi connectivity index (χ1n) is 9.02. The highest BCUT2D eigenvalue weighted by Gasteiger charge is 2.11. The van der Waals surface area contributed by atoms with Crippen LogP contribution in [0.15, 0.2) is 48.5 Å². The zero-order chi connectivity index (χ0) is 19.6. The van der Waals surface area contributed by atoms with Crippen LogP contribution >= 0.6 is 11.6 Å². The van der Waals surface area contributed by atoms with Crippen molar-refractivity contribution in [3.05, 3.63) is 64.7 Å². The Kier molecular flexibility index (Phi) is 8.58. The van der Waals surface area contributed by atoms with E-state index in [4.69, 9.17) is 21.1 Å². The van der Waals surface area contributed by atoms with E-state index >= 15 is 0 Å². The summed E-state index contributed by atoms with van der Waals surface area (Å²) in [7, 11) is 0. The second-order valence-corrected chi connectivity index (χ2v) is 6.76. The minimum atomic E-state index is -0.607. The third-order valence-electron chi connectivity index (χ3n) is 4.02. The van der Waals surface area contributed by atoms with Crippen molar-refractivity contribution < 1.29 is 19.4 Å². The summed E-state index contributed by atoms with van der Waals surface area (Å²) in [6.45, 7) is 4.53. The number of halogens is 1. The maximum Gasteiger partial charge on any atom is 0.344 e. The van der Waals surface area contributed by atoms with E-state index in [1.54, 1.807) is 19.1 Å². The predicted molar refractivity (Wildman–Crippen MR) is 106 cm³/mol. The molecule has 0 aliphatic carbocycles. The van der Waals surface area contributed by atoms with Crippen LogP contribution in [0.4, 0.5) is 0 Å². The number of rotatable bonds is 10.